The molecule has 0 saturated heterocycles. The van der Waals surface area contributed by atoms with Crippen molar-refractivity contribution in [1.29, 1.82) is 0 Å². The van der Waals surface area contributed by atoms with E-state index in [-0.39, 0.29) is 10.8 Å². The summed E-state index contributed by atoms with van der Waals surface area (Å²) in [7, 11) is -3.60. The summed E-state index contributed by atoms with van der Waals surface area (Å²) < 4.78 is 27.1. The van der Waals surface area contributed by atoms with Crippen molar-refractivity contribution in [2.75, 3.05) is 22.5 Å². The van der Waals surface area contributed by atoms with Crippen LogP contribution < -0.4 is 10.0 Å². The van der Waals surface area contributed by atoms with E-state index in [1.54, 1.807) is 48.5 Å². The highest BCUT2D eigenvalue weighted by atomic mass is 35.5. The van der Waals surface area contributed by atoms with Gasteiger partial charge in [-0.2, -0.15) is 0 Å². The van der Waals surface area contributed by atoms with E-state index in [0.29, 0.717) is 12.2 Å². The van der Waals surface area contributed by atoms with Gasteiger partial charge in [-0.05, 0) is 43.3 Å². The standard InChI is InChI=1S/C16H19ClN2O3S/c1-12-2-8-16(9-3-12)23(21,22)19-14-6-4-13(5-7-14)18-11-15(20)10-17/h2-9,15,18-20H,10-11H2,1H3. The van der Waals surface area contributed by atoms with Crippen molar-refractivity contribution in [2.24, 2.45) is 0 Å². The van der Waals surface area contributed by atoms with Crippen LogP contribution in [0.4, 0.5) is 11.4 Å². The van der Waals surface area contributed by atoms with E-state index in [0.717, 1.165) is 11.3 Å². The monoisotopic (exact) mass is 354 g/mol. The third-order valence-electron chi connectivity index (χ3n) is 3.19. The van der Waals surface area contributed by atoms with E-state index in [2.05, 4.69) is 10.0 Å². The molecule has 1 atom stereocenters. The topological polar surface area (TPSA) is 78.4 Å². The Balaban J connectivity index is 2.04. The summed E-state index contributed by atoms with van der Waals surface area (Å²) in [5.74, 6) is 0.154. The van der Waals surface area contributed by atoms with Gasteiger partial charge in [-0.1, -0.05) is 17.7 Å². The maximum Gasteiger partial charge on any atom is 0.261 e. The molecule has 5 nitrogen and oxygen atoms in total. The lowest BCUT2D eigenvalue weighted by molar-refractivity contribution is 0.211. The van der Waals surface area contributed by atoms with Crippen LogP contribution in [-0.2, 0) is 10.0 Å². The second-order valence-electron chi connectivity index (χ2n) is 5.18. The number of halogens is 1. The largest absolute Gasteiger partial charge is 0.390 e. The van der Waals surface area contributed by atoms with Crippen LogP contribution in [0.15, 0.2) is 53.4 Å². The number of aliphatic hydroxyl groups is 1. The zero-order valence-corrected chi connectivity index (χ0v) is 14.2. The molecule has 0 aliphatic heterocycles. The third-order valence-corrected chi connectivity index (χ3v) is 4.94. The number of nitrogens with one attached hydrogen (secondary N) is 2. The third kappa shape index (κ3) is 5.13. The normalized spacial score (nSPS) is 12.7. The van der Waals surface area contributed by atoms with Gasteiger partial charge in [-0.15, -0.1) is 11.6 Å². The van der Waals surface area contributed by atoms with E-state index in [1.807, 2.05) is 6.92 Å². The SMILES string of the molecule is Cc1ccc(S(=O)(=O)Nc2ccc(NCC(O)CCl)cc2)cc1. The predicted molar refractivity (Wildman–Crippen MR) is 93.6 cm³/mol. The fourth-order valence-corrected chi connectivity index (χ4v) is 3.05. The van der Waals surface area contributed by atoms with Gasteiger partial charge in [-0.25, -0.2) is 8.42 Å². The average Bonchev–Trinajstić information content (AvgIpc) is 2.54. The van der Waals surface area contributed by atoms with Crippen molar-refractivity contribution in [3.63, 3.8) is 0 Å². The minimum atomic E-state index is -3.60. The number of rotatable bonds is 7. The highest BCUT2D eigenvalue weighted by Crippen LogP contribution is 2.18. The zero-order valence-electron chi connectivity index (χ0n) is 12.7. The highest BCUT2D eigenvalue weighted by Gasteiger charge is 2.13. The molecular formula is C16H19ClN2O3S. The molecule has 2 aromatic carbocycles. The van der Waals surface area contributed by atoms with Gasteiger partial charge in [-0.3, -0.25) is 4.72 Å². The smallest absolute Gasteiger partial charge is 0.261 e. The first-order chi connectivity index (χ1) is 10.9. The molecule has 0 aromatic heterocycles. The maximum absolute atomic E-state index is 12.3. The van der Waals surface area contributed by atoms with Crippen LogP contribution in [0.25, 0.3) is 0 Å². The Morgan fingerprint density at radius 2 is 1.61 bits per heavy atom. The summed E-state index contributed by atoms with van der Waals surface area (Å²) in [4.78, 5) is 0.218. The van der Waals surface area contributed by atoms with Crippen LogP contribution in [-0.4, -0.2) is 32.1 Å². The van der Waals surface area contributed by atoms with E-state index in [9.17, 15) is 13.5 Å². The predicted octanol–water partition coefficient (Wildman–Crippen LogP) is 2.81. The summed E-state index contributed by atoms with van der Waals surface area (Å²) in [5, 5.41) is 12.4. The molecule has 0 heterocycles. The van der Waals surface area contributed by atoms with E-state index < -0.39 is 16.1 Å². The Hall–Kier alpha value is -1.76. The van der Waals surface area contributed by atoms with Gasteiger partial charge in [0.25, 0.3) is 10.0 Å². The van der Waals surface area contributed by atoms with Crippen LogP contribution >= 0.6 is 11.6 Å². The van der Waals surface area contributed by atoms with Gasteiger partial charge in [0.15, 0.2) is 0 Å². The molecule has 0 aliphatic rings. The number of hydrogen-bond acceptors (Lipinski definition) is 4. The van der Waals surface area contributed by atoms with E-state index >= 15 is 0 Å². The fraction of sp³-hybridized carbons (Fsp3) is 0.250. The van der Waals surface area contributed by atoms with E-state index in [1.165, 1.54) is 0 Å². The Kier molecular flexibility index (Phi) is 5.87. The van der Waals surface area contributed by atoms with Crippen LogP contribution in [0.1, 0.15) is 5.56 Å². The number of anilines is 2. The molecule has 0 spiro atoms. The van der Waals surface area contributed by atoms with Crippen molar-refractivity contribution in [3.8, 4) is 0 Å². The first-order valence-corrected chi connectivity index (χ1v) is 9.10. The van der Waals surface area contributed by atoms with Crippen LogP contribution in [0.2, 0.25) is 0 Å². The van der Waals surface area contributed by atoms with Crippen molar-refractivity contribution >= 4 is 33.0 Å². The molecule has 2 rings (SSSR count). The summed E-state index contributed by atoms with van der Waals surface area (Å²) in [6.45, 7) is 2.23. The molecule has 3 N–H and O–H groups in total. The van der Waals surface area contributed by atoms with Crippen molar-refractivity contribution in [1.82, 2.24) is 0 Å². The summed E-state index contributed by atoms with van der Waals surface area (Å²) in [5.41, 5.74) is 2.24. The van der Waals surface area contributed by atoms with Crippen LogP contribution in [0.5, 0.6) is 0 Å². The molecule has 0 amide bonds. The minimum Gasteiger partial charge on any atom is -0.390 e. The van der Waals surface area contributed by atoms with Gasteiger partial charge < -0.3 is 10.4 Å². The van der Waals surface area contributed by atoms with Crippen molar-refractivity contribution in [3.05, 3.63) is 54.1 Å². The molecule has 0 bridgehead atoms. The molecule has 0 fully saturated rings. The Labute approximate surface area is 141 Å². The molecule has 23 heavy (non-hydrogen) atoms. The summed E-state index contributed by atoms with van der Waals surface area (Å²) in [6, 6.07) is 13.4. The van der Waals surface area contributed by atoms with Gasteiger partial charge in [0, 0.05) is 17.9 Å². The molecule has 1 unspecified atom stereocenters. The molecule has 0 radical (unpaired) electrons. The first kappa shape index (κ1) is 17.6. The Morgan fingerprint density at radius 3 is 2.17 bits per heavy atom. The number of sulfonamides is 1. The molecule has 7 heteroatoms. The number of alkyl halides is 1. The van der Waals surface area contributed by atoms with Crippen molar-refractivity contribution < 1.29 is 13.5 Å². The summed E-state index contributed by atoms with van der Waals surface area (Å²) >= 11 is 5.52. The molecule has 0 aliphatic carbocycles. The number of benzene rings is 2. The zero-order chi connectivity index (χ0) is 16.9. The first-order valence-electron chi connectivity index (χ1n) is 7.08. The van der Waals surface area contributed by atoms with E-state index in [4.69, 9.17) is 11.6 Å². The lowest BCUT2D eigenvalue weighted by atomic mass is 10.2. The Morgan fingerprint density at radius 1 is 1.04 bits per heavy atom. The highest BCUT2D eigenvalue weighted by molar-refractivity contribution is 7.92. The van der Waals surface area contributed by atoms with Gasteiger partial charge >= 0.3 is 0 Å². The summed E-state index contributed by atoms with van der Waals surface area (Å²) in [6.07, 6.45) is -0.628. The Bertz CT molecular complexity index is 731. The van der Waals surface area contributed by atoms with Gasteiger partial charge in [0.2, 0.25) is 0 Å². The molecule has 2 aromatic rings. The lowest BCUT2D eigenvalue weighted by Gasteiger charge is -2.12. The van der Waals surface area contributed by atoms with Gasteiger partial charge in [0.1, 0.15) is 0 Å². The molecular weight excluding hydrogens is 336 g/mol. The van der Waals surface area contributed by atoms with Crippen LogP contribution in [0.3, 0.4) is 0 Å². The number of hydrogen-bond donors (Lipinski definition) is 3. The fourth-order valence-electron chi connectivity index (χ4n) is 1.88. The second kappa shape index (κ2) is 7.68. The molecule has 124 valence electrons. The number of aliphatic hydroxyl groups excluding tert-OH is 1. The number of aryl methyl sites for hydroxylation is 1. The average molecular weight is 355 g/mol. The lowest BCUT2D eigenvalue weighted by Crippen LogP contribution is -2.20. The minimum absolute atomic E-state index is 0.154. The second-order valence-corrected chi connectivity index (χ2v) is 7.18. The quantitative estimate of drug-likeness (QED) is 0.668. The molecule has 0 saturated carbocycles. The van der Waals surface area contributed by atoms with Crippen LogP contribution in [0, 0.1) is 6.92 Å². The maximum atomic E-state index is 12.3. The van der Waals surface area contributed by atoms with Gasteiger partial charge in [0.05, 0.1) is 16.9 Å². The van der Waals surface area contributed by atoms with Crippen molar-refractivity contribution in [2.45, 2.75) is 17.9 Å².